The first-order valence-electron chi connectivity index (χ1n) is 9.79. The van der Waals surface area contributed by atoms with Crippen LogP contribution in [0.3, 0.4) is 0 Å². The zero-order valence-electron chi connectivity index (χ0n) is 16.9. The maximum atomic E-state index is 13.1. The van der Waals surface area contributed by atoms with Crippen LogP contribution in [0.4, 0.5) is 0 Å². The summed E-state index contributed by atoms with van der Waals surface area (Å²) < 4.78 is 0. The molecule has 5 heteroatoms. The number of nitrogens with zero attached hydrogens (tertiary/aromatic N) is 1. The number of amides is 2. The van der Waals surface area contributed by atoms with Gasteiger partial charge in [-0.1, -0.05) is 67.4 Å². The molecule has 0 bridgehead atoms. The summed E-state index contributed by atoms with van der Waals surface area (Å²) in [5.41, 5.74) is 2.89. The van der Waals surface area contributed by atoms with E-state index in [0.29, 0.717) is 18.1 Å². The quantitative estimate of drug-likeness (QED) is 0.629. The van der Waals surface area contributed by atoms with Crippen LogP contribution in [0.25, 0.3) is 0 Å². The van der Waals surface area contributed by atoms with Crippen LogP contribution in [0.1, 0.15) is 43.4 Å². The topological polar surface area (TPSA) is 49.4 Å². The van der Waals surface area contributed by atoms with Crippen LogP contribution in [0.2, 0.25) is 5.02 Å². The Kier molecular flexibility index (Phi) is 8.52. The van der Waals surface area contributed by atoms with Crippen LogP contribution >= 0.6 is 11.6 Å². The van der Waals surface area contributed by atoms with Gasteiger partial charge in [0.05, 0.1) is 6.42 Å². The molecular weight excluding hydrogens is 372 g/mol. The van der Waals surface area contributed by atoms with Crippen molar-refractivity contribution < 1.29 is 9.59 Å². The molecular formula is C23H29ClN2O2. The van der Waals surface area contributed by atoms with Crippen molar-refractivity contribution in [1.29, 1.82) is 0 Å². The van der Waals surface area contributed by atoms with E-state index in [9.17, 15) is 9.59 Å². The summed E-state index contributed by atoms with van der Waals surface area (Å²) in [6.45, 7) is 6.88. The predicted octanol–water partition coefficient (Wildman–Crippen LogP) is 4.52. The van der Waals surface area contributed by atoms with Crippen LogP contribution in [0.15, 0.2) is 48.5 Å². The normalized spacial score (nSPS) is 11.7. The van der Waals surface area contributed by atoms with Gasteiger partial charge in [-0.2, -0.15) is 0 Å². The Morgan fingerprint density at radius 3 is 2.36 bits per heavy atom. The lowest BCUT2D eigenvalue weighted by Gasteiger charge is -2.29. The fourth-order valence-corrected chi connectivity index (χ4v) is 3.20. The number of hydrogen-bond donors (Lipinski definition) is 1. The van der Waals surface area contributed by atoms with Gasteiger partial charge in [0, 0.05) is 18.1 Å². The number of rotatable bonds is 9. The molecule has 0 spiro atoms. The van der Waals surface area contributed by atoms with E-state index in [1.54, 1.807) is 17.9 Å². The van der Waals surface area contributed by atoms with Crippen LogP contribution in [-0.4, -0.2) is 29.3 Å². The average Bonchev–Trinajstić information content (AvgIpc) is 2.68. The largest absolute Gasteiger partial charge is 0.354 e. The van der Waals surface area contributed by atoms with Gasteiger partial charge in [-0.3, -0.25) is 9.59 Å². The van der Waals surface area contributed by atoms with E-state index in [2.05, 4.69) is 12.2 Å². The molecule has 0 heterocycles. The Hall–Kier alpha value is -2.33. The molecule has 0 fully saturated rings. The number of nitrogens with one attached hydrogen (secondary N) is 1. The molecule has 28 heavy (non-hydrogen) atoms. The van der Waals surface area contributed by atoms with Gasteiger partial charge in [0.15, 0.2) is 0 Å². The van der Waals surface area contributed by atoms with Crippen molar-refractivity contribution in [2.45, 2.75) is 52.6 Å². The van der Waals surface area contributed by atoms with E-state index in [1.165, 1.54) is 0 Å². The van der Waals surface area contributed by atoms with Crippen LogP contribution < -0.4 is 5.32 Å². The third kappa shape index (κ3) is 6.10. The fraction of sp³-hybridized carbons (Fsp3) is 0.391. The summed E-state index contributed by atoms with van der Waals surface area (Å²) >= 11 is 6.24. The smallest absolute Gasteiger partial charge is 0.242 e. The van der Waals surface area contributed by atoms with Crippen molar-refractivity contribution in [2.75, 3.05) is 6.54 Å². The predicted molar refractivity (Wildman–Crippen MR) is 114 cm³/mol. The number of carbonyl (C=O) groups is 2. The molecule has 150 valence electrons. The number of halogens is 1. The van der Waals surface area contributed by atoms with Gasteiger partial charge in [-0.05, 0) is 43.0 Å². The highest BCUT2D eigenvalue weighted by atomic mass is 35.5. The molecule has 1 N–H and O–H groups in total. The summed E-state index contributed by atoms with van der Waals surface area (Å²) in [4.78, 5) is 27.4. The second-order valence-corrected chi connectivity index (χ2v) is 7.44. The number of benzene rings is 2. The van der Waals surface area contributed by atoms with E-state index < -0.39 is 6.04 Å². The van der Waals surface area contributed by atoms with Crippen LogP contribution in [0, 0.1) is 6.92 Å². The lowest BCUT2D eigenvalue weighted by Crippen LogP contribution is -2.48. The van der Waals surface area contributed by atoms with Crippen LogP contribution in [-0.2, 0) is 22.6 Å². The van der Waals surface area contributed by atoms with Crippen molar-refractivity contribution >= 4 is 23.4 Å². The molecule has 0 unspecified atom stereocenters. The molecule has 2 aromatic rings. The first-order valence-corrected chi connectivity index (χ1v) is 10.2. The Morgan fingerprint density at radius 2 is 1.71 bits per heavy atom. The molecule has 2 aromatic carbocycles. The van der Waals surface area contributed by atoms with Crippen LogP contribution in [0.5, 0.6) is 0 Å². The Labute approximate surface area is 172 Å². The number of unbranched alkanes of at least 4 members (excludes halogenated alkanes) is 1. The van der Waals surface area contributed by atoms with Gasteiger partial charge in [-0.25, -0.2) is 0 Å². The molecule has 1 atom stereocenters. The summed E-state index contributed by atoms with van der Waals surface area (Å²) in [7, 11) is 0. The van der Waals surface area contributed by atoms with Gasteiger partial charge in [0.1, 0.15) is 6.04 Å². The van der Waals surface area contributed by atoms with Crippen molar-refractivity contribution in [3.8, 4) is 0 Å². The fourth-order valence-electron chi connectivity index (χ4n) is 3.00. The Balaban J connectivity index is 2.22. The molecule has 2 amide bonds. The minimum absolute atomic E-state index is 0.116. The second kappa shape index (κ2) is 10.9. The van der Waals surface area contributed by atoms with Gasteiger partial charge in [-0.15, -0.1) is 0 Å². The van der Waals surface area contributed by atoms with Crippen molar-refractivity contribution in [2.24, 2.45) is 0 Å². The monoisotopic (exact) mass is 400 g/mol. The van der Waals surface area contributed by atoms with Gasteiger partial charge in [0.25, 0.3) is 0 Å². The third-order valence-electron chi connectivity index (χ3n) is 4.90. The molecule has 0 saturated heterocycles. The van der Waals surface area contributed by atoms with Gasteiger partial charge >= 0.3 is 0 Å². The summed E-state index contributed by atoms with van der Waals surface area (Å²) in [6, 6.07) is 14.7. The second-order valence-electron chi connectivity index (χ2n) is 7.04. The van der Waals surface area contributed by atoms with E-state index in [4.69, 9.17) is 11.6 Å². The molecule has 0 aliphatic rings. The SMILES string of the molecule is CCCCNC(=O)[C@H](C)N(Cc1ccccc1C)C(=O)Cc1ccccc1Cl. The van der Waals surface area contributed by atoms with E-state index in [0.717, 1.165) is 29.5 Å². The minimum Gasteiger partial charge on any atom is -0.354 e. The molecule has 0 saturated carbocycles. The molecule has 0 aliphatic heterocycles. The van der Waals surface area contributed by atoms with E-state index >= 15 is 0 Å². The first-order chi connectivity index (χ1) is 13.4. The van der Waals surface area contributed by atoms with Crippen molar-refractivity contribution in [3.05, 3.63) is 70.2 Å². The molecule has 2 rings (SSSR count). The zero-order chi connectivity index (χ0) is 20.5. The first kappa shape index (κ1) is 22.0. The Bertz CT molecular complexity index is 807. The van der Waals surface area contributed by atoms with Crippen molar-refractivity contribution in [3.63, 3.8) is 0 Å². The van der Waals surface area contributed by atoms with E-state index in [1.807, 2.05) is 49.4 Å². The minimum atomic E-state index is -0.563. The van der Waals surface area contributed by atoms with E-state index in [-0.39, 0.29) is 18.2 Å². The standard InChI is InChI=1S/C23H29ClN2O2/c1-4-5-14-25-23(28)18(3)26(16-20-12-7-6-10-17(20)2)22(27)15-19-11-8-9-13-21(19)24/h6-13,18H,4-5,14-16H2,1-3H3,(H,25,28)/t18-/m0/s1. The molecule has 4 nitrogen and oxygen atoms in total. The maximum Gasteiger partial charge on any atom is 0.242 e. The molecule has 0 radical (unpaired) electrons. The maximum absolute atomic E-state index is 13.1. The van der Waals surface area contributed by atoms with Crippen molar-refractivity contribution in [1.82, 2.24) is 10.2 Å². The number of carbonyl (C=O) groups excluding carboxylic acids is 2. The van der Waals surface area contributed by atoms with Gasteiger partial charge < -0.3 is 10.2 Å². The highest BCUT2D eigenvalue weighted by molar-refractivity contribution is 6.31. The third-order valence-corrected chi connectivity index (χ3v) is 5.27. The lowest BCUT2D eigenvalue weighted by atomic mass is 10.1. The lowest BCUT2D eigenvalue weighted by molar-refractivity contribution is -0.140. The zero-order valence-corrected chi connectivity index (χ0v) is 17.6. The summed E-state index contributed by atoms with van der Waals surface area (Å²) in [5, 5.41) is 3.50. The number of hydrogen-bond acceptors (Lipinski definition) is 2. The number of aryl methyl sites for hydroxylation is 1. The average molecular weight is 401 g/mol. The summed E-state index contributed by atoms with van der Waals surface area (Å²) in [5.74, 6) is -0.246. The summed E-state index contributed by atoms with van der Waals surface area (Å²) in [6.07, 6.45) is 2.09. The molecule has 0 aliphatic carbocycles. The highest BCUT2D eigenvalue weighted by Crippen LogP contribution is 2.19. The Morgan fingerprint density at radius 1 is 1.07 bits per heavy atom. The molecule has 0 aromatic heterocycles. The highest BCUT2D eigenvalue weighted by Gasteiger charge is 2.26. The van der Waals surface area contributed by atoms with Gasteiger partial charge in [0.2, 0.25) is 11.8 Å².